The van der Waals surface area contributed by atoms with Gasteiger partial charge in [-0.3, -0.25) is 4.79 Å². The summed E-state index contributed by atoms with van der Waals surface area (Å²) in [7, 11) is 2.87. The van der Waals surface area contributed by atoms with E-state index in [0.717, 1.165) is 0 Å². The van der Waals surface area contributed by atoms with Gasteiger partial charge in [0.05, 0.1) is 25.8 Å². The predicted molar refractivity (Wildman–Crippen MR) is 115 cm³/mol. The second-order valence-corrected chi connectivity index (χ2v) is 6.61. The van der Waals surface area contributed by atoms with Gasteiger partial charge in [0, 0.05) is 12.6 Å². The first-order chi connectivity index (χ1) is 14.9. The molecule has 2 rings (SSSR count). The molecule has 0 unspecified atom stereocenters. The summed E-state index contributed by atoms with van der Waals surface area (Å²) in [6.07, 6.45) is 3.39. The molecular formula is C22H24ClF2NO5. The number of alkyl halides is 2. The highest BCUT2D eigenvalue weighted by Gasteiger charge is 2.12. The van der Waals surface area contributed by atoms with Crippen LogP contribution in [0.3, 0.4) is 0 Å². The van der Waals surface area contributed by atoms with Crippen molar-refractivity contribution in [1.82, 2.24) is 5.32 Å². The van der Waals surface area contributed by atoms with Gasteiger partial charge in [0.25, 0.3) is 0 Å². The lowest BCUT2D eigenvalue weighted by atomic mass is 10.1. The van der Waals surface area contributed by atoms with Crippen LogP contribution in [-0.2, 0) is 11.2 Å². The van der Waals surface area contributed by atoms with Crippen molar-refractivity contribution in [3.8, 4) is 23.0 Å². The van der Waals surface area contributed by atoms with Crippen molar-refractivity contribution in [1.29, 1.82) is 0 Å². The Morgan fingerprint density at radius 3 is 2.52 bits per heavy atom. The Bertz CT molecular complexity index is 921. The lowest BCUT2D eigenvalue weighted by Crippen LogP contribution is -2.23. The molecule has 0 radical (unpaired) electrons. The maximum absolute atomic E-state index is 12.5. The minimum atomic E-state index is -2.95. The predicted octanol–water partition coefficient (Wildman–Crippen LogP) is 4.73. The lowest BCUT2D eigenvalue weighted by Gasteiger charge is -2.12. The molecule has 31 heavy (non-hydrogen) atoms. The van der Waals surface area contributed by atoms with Crippen LogP contribution < -0.4 is 24.3 Å². The quantitative estimate of drug-likeness (QED) is 0.496. The number of benzene rings is 2. The van der Waals surface area contributed by atoms with E-state index in [1.165, 1.54) is 32.4 Å². The Balaban J connectivity index is 1.95. The molecule has 1 N–H and O–H groups in total. The fourth-order valence-corrected chi connectivity index (χ4v) is 3.02. The van der Waals surface area contributed by atoms with Gasteiger partial charge in [0.15, 0.2) is 23.0 Å². The van der Waals surface area contributed by atoms with Crippen molar-refractivity contribution in [3.05, 3.63) is 52.6 Å². The molecule has 0 spiro atoms. The van der Waals surface area contributed by atoms with Gasteiger partial charge in [0.2, 0.25) is 5.91 Å². The van der Waals surface area contributed by atoms with Gasteiger partial charge in [-0.05, 0) is 54.8 Å². The van der Waals surface area contributed by atoms with Crippen molar-refractivity contribution < 1.29 is 32.5 Å². The van der Waals surface area contributed by atoms with Crippen molar-refractivity contribution in [3.63, 3.8) is 0 Å². The second kappa shape index (κ2) is 12.0. The van der Waals surface area contributed by atoms with Crippen molar-refractivity contribution in [2.24, 2.45) is 0 Å². The summed E-state index contributed by atoms with van der Waals surface area (Å²) in [4.78, 5) is 12.1. The van der Waals surface area contributed by atoms with Crippen molar-refractivity contribution in [2.45, 2.75) is 20.0 Å². The molecule has 0 aliphatic rings. The number of carbonyl (C=O) groups excluding carboxylic acids is 1. The van der Waals surface area contributed by atoms with Crippen LogP contribution >= 0.6 is 11.6 Å². The monoisotopic (exact) mass is 455 g/mol. The van der Waals surface area contributed by atoms with Crippen LogP contribution in [0.5, 0.6) is 23.0 Å². The van der Waals surface area contributed by atoms with E-state index < -0.39 is 6.61 Å². The lowest BCUT2D eigenvalue weighted by molar-refractivity contribution is -0.116. The van der Waals surface area contributed by atoms with Crippen LogP contribution in [0.15, 0.2) is 36.4 Å². The van der Waals surface area contributed by atoms with Crippen LogP contribution in [0, 0.1) is 0 Å². The molecule has 0 bridgehead atoms. The molecule has 0 heterocycles. The molecular weight excluding hydrogens is 432 g/mol. The maximum atomic E-state index is 12.5. The number of nitrogens with one attached hydrogen (secondary N) is 1. The smallest absolute Gasteiger partial charge is 0.387 e. The van der Waals surface area contributed by atoms with Gasteiger partial charge < -0.3 is 24.3 Å². The molecule has 0 saturated heterocycles. The van der Waals surface area contributed by atoms with E-state index in [0.29, 0.717) is 47.2 Å². The third-order valence-corrected chi connectivity index (χ3v) is 4.41. The van der Waals surface area contributed by atoms with Gasteiger partial charge in [-0.2, -0.15) is 8.78 Å². The number of amides is 1. The van der Waals surface area contributed by atoms with E-state index in [4.69, 9.17) is 25.8 Å². The largest absolute Gasteiger partial charge is 0.493 e. The third kappa shape index (κ3) is 7.32. The standard InChI is InChI=1S/C22H24ClF2NO5/c1-4-30-21-16(23)11-15(13-19(21)29-3)6-8-20(27)26-10-9-14-5-7-17(28-2)18(12-14)31-22(24)25/h5-8,11-13,22H,4,9-10H2,1-3H3,(H,26,27)/b8-6+. The fourth-order valence-electron chi connectivity index (χ4n) is 2.75. The summed E-state index contributed by atoms with van der Waals surface area (Å²) < 4.78 is 45.2. The highest BCUT2D eigenvalue weighted by atomic mass is 35.5. The Kier molecular flexibility index (Phi) is 9.40. The van der Waals surface area contributed by atoms with Gasteiger partial charge >= 0.3 is 6.61 Å². The summed E-state index contributed by atoms with van der Waals surface area (Å²) in [5.41, 5.74) is 1.38. The van der Waals surface area contributed by atoms with Gasteiger partial charge in [-0.25, -0.2) is 0 Å². The maximum Gasteiger partial charge on any atom is 0.387 e. The molecule has 2 aromatic rings. The summed E-state index contributed by atoms with van der Waals surface area (Å²) >= 11 is 6.22. The molecule has 168 valence electrons. The van der Waals surface area contributed by atoms with Crippen LogP contribution in [-0.4, -0.2) is 39.9 Å². The van der Waals surface area contributed by atoms with Gasteiger partial charge in [-0.15, -0.1) is 0 Å². The Labute approximate surface area is 184 Å². The summed E-state index contributed by atoms with van der Waals surface area (Å²) in [6.45, 7) is -0.370. The number of halogens is 3. The van der Waals surface area contributed by atoms with Crippen molar-refractivity contribution >= 4 is 23.6 Å². The number of carbonyl (C=O) groups is 1. The fraction of sp³-hybridized carbons (Fsp3) is 0.318. The summed E-state index contributed by atoms with van der Waals surface area (Å²) in [6, 6.07) is 8.09. The molecule has 0 aliphatic carbocycles. The minimum absolute atomic E-state index is 0.0532. The second-order valence-electron chi connectivity index (χ2n) is 6.21. The molecule has 0 aromatic heterocycles. The molecule has 2 aromatic carbocycles. The normalized spacial score (nSPS) is 10.9. The van der Waals surface area contributed by atoms with Gasteiger partial charge in [0.1, 0.15) is 0 Å². The number of hydrogen-bond acceptors (Lipinski definition) is 5. The van der Waals surface area contributed by atoms with Crippen LogP contribution in [0.2, 0.25) is 5.02 Å². The first kappa shape index (κ1) is 24.3. The molecule has 6 nitrogen and oxygen atoms in total. The molecule has 0 fully saturated rings. The molecule has 1 amide bonds. The minimum Gasteiger partial charge on any atom is -0.493 e. The van der Waals surface area contributed by atoms with Crippen LogP contribution in [0.25, 0.3) is 6.08 Å². The average molecular weight is 456 g/mol. The number of rotatable bonds is 11. The van der Waals surface area contributed by atoms with Crippen molar-refractivity contribution in [2.75, 3.05) is 27.4 Å². The highest BCUT2D eigenvalue weighted by molar-refractivity contribution is 6.32. The zero-order chi connectivity index (χ0) is 22.8. The first-order valence-corrected chi connectivity index (χ1v) is 9.83. The Morgan fingerprint density at radius 1 is 1.13 bits per heavy atom. The number of hydrogen-bond donors (Lipinski definition) is 1. The third-order valence-electron chi connectivity index (χ3n) is 4.12. The summed E-state index contributed by atoms with van der Waals surface area (Å²) in [5, 5.41) is 3.11. The highest BCUT2D eigenvalue weighted by Crippen LogP contribution is 2.36. The average Bonchev–Trinajstić information content (AvgIpc) is 2.73. The van der Waals surface area contributed by atoms with E-state index in [9.17, 15) is 13.6 Å². The van der Waals surface area contributed by atoms with E-state index in [-0.39, 0.29) is 17.4 Å². The zero-order valence-corrected chi connectivity index (χ0v) is 18.2. The molecule has 0 atom stereocenters. The Hall–Kier alpha value is -3.00. The summed E-state index contributed by atoms with van der Waals surface area (Å²) in [5.74, 6) is 0.753. The van der Waals surface area contributed by atoms with Gasteiger partial charge in [-0.1, -0.05) is 17.7 Å². The topological polar surface area (TPSA) is 66.0 Å². The Morgan fingerprint density at radius 2 is 1.87 bits per heavy atom. The molecule has 0 saturated carbocycles. The van der Waals surface area contributed by atoms with E-state index in [1.807, 2.05) is 6.92 Å². The van der Waals surface area contributed by atoms with Crippen LogP contribution in [0.4, 0.5) is 8.78 Å². The SMILES string of the molecule is CCOc1c(Cl)cc(/C=C/C(=O)NCCc2ccc(OC)c(OC(F)F)c2)cc1OC. The zero-order valence-electron chi connectivity index (χ0n) is 17.4. The number of ether oxygens (including phenoxy) is 4. The van der Waals surface area contributed by atoms with Crippen LogP contribution in [0.1, 0.15) is 18.1 Å². The molecule has 9 heteroatoms. The van der Waals surface area contributed by atoms with E-state index in [1.54, 1.807) is 24.3 Å². The number of methoxy groups -OCH3 is 2. The van der Waals surface area contributed by atoms with E-state index in [2.05, 4.69) is 10.1 Å². The first-order valence-electron chi connectivity index (χ1n) is 9.45. The molecule has 0 aliphatic heterocycles. The van der Waals surface area contributed by atoms with E-state index >= 15 is 0 Å².